The van der Waals surface area contributed by atoms with Crippen LogP contribution in [0.1, 0.15) is 56.2 Å². The van der Waals surface area contributed by atoms with E-state index in [1.165, 1.54) is 35.2 Å². The van der Waals surface area contributed by atoms with Gasteiger partial charge in [-0.05, 0) is 62.8 Å². The van der Waals surface area contributed by atoms with E-state index in [0.717, 1.165) is 47.6 Å². The van der Waals surface area contributed by atoms with E-state index in [2.05, 4.69) is 6.07 Å². The second-order valence-electron chi connectivity index (χ2n) is 7.97. The van der Waals surface area contributed by atoms with E-state index in [9.17, 15) is 25.4 Å². The first-order valence-corrected chi connectivity index (χ1v) is 11.3. The molecule has 164 valence electrons. The molecular formula is C25H20N4O3S. The highest BCUT2D eigenvalue weighted by molar-refractivity contribution is 7.15. The van der Waals surface area contributed by atoms with Gasteiger partial charge in [0.2, 0.25) is 5.78 Å². The van der Waals surface area contributed by atoms with Crippen LogP contribution in [0.2, 0.25) is 0 Å². The number of thiophene rings is 1. The molecule has 0 fully saturated rings. The molecule has 2 aromatic heterocycles. The van der Waals surface area contributed by atoms with Crippen molar-refractivity contribution in [1.29, 1.82) is 10.5 Å². The third kappa shape index (κ3) is 3.97. The molecular weight excluding hydrogens is 436 g/mol. The zero-order valence-electron chi connectivity index (χ0n) is 18.2. The van der Waals surface area contributed by atoms with Crippen LogP contribution in [0.5, 0.6) is 0 Å². The van der Waals surface area contributed by atoms with Crippen molar-refractivity contribution in [2.45, 2.75) is 39.5 Å². The Morgan fingerprint density at radius 1 is 1.21 bits per heavy atom. The number of non-ortho nitro benzene ring substituents is 1. The van der Waals surface area contributed by atoms with Crippen LogP contribution in [0.4, 0.5) is 5.69 Å². The van der Waals surface area contributed by atoms with Crippen molar-refractivity contribution >= 4 is 28.9 Å². The number of allylic oxidation sites excluding steroid dienone is 1. The van der Waals surface area contributed by atoms with Gasteiger partial charge in [0.05, 0.1) is 10.5 Å². The van der Waals surface area contributed by atoms with Crippen LogP contribution in [0.15, 0.2) is 35.9 Å². The number of nitrogens with zero attached hydrogens (tertiary/aromatic N) is 4. The summed E-state index contributed by atoms with van der Waals surface area (Å²) in [5, 5.41) is 31.4. The topological polar surface area (TPSA) is 113 Å². The molecule has 0 N–H and O–H groups in total. The molecule has 1 aliphatic rings. The summed E-state index contributed by atoms with van der Waals surface area (Å²) in [7, 11) is 0. The normalized spacial score (nSPS) is 13.2. The number of nitro benzene ring substituents is 1. The molecule has 8 heteroatoms. The molecule has 0 amide bonds. The van der Waals surface area contributed by atoms with Gasteiger partial charge in [-0.2, -0.15) is 10.5 Å². The van der Waals surface area contributed by atoms with E-state index >= 15 is 0 Å². The van der Waals surface area contributed by atoms with E-state index in [1.807, 2.05) is 30.6 Å². The van der Waals surface area contributed by atoms with Gasteiger partial charge in [0, 0.05) is 34.0 Å². The predicted octanol–water partition coefficient (Wildman–Crippen LogP) is 5.60. The van der Waals surface area contributed by atoms with Gasteiger partial charge < -0.3 is 4.57 Å². The zero-order chi connectivity index (χ0) is 23.7. The summed E-state index contributed by atoms with van der Waals surface area (Å²) in [4.78, 5) is 24.6. The fourth-order valence-corrected chi connectivity index (χ4v) is 5.74. The SMILES string of the molecule is Cc1cc(/C=C(\C#N)C(=O)c2cccc([N+](=O)[O-])c2)c(C)n1-c1sc2c(c1C#N)CCCC2. The molecule has 4 rings (SSSR count). The van der Waals surface area contributed by atoms with E-state index in [1.54, 1.807) is 11.3 Å². The number of hydrogen-bond donors (Lipinski definition) is 0. The number of rotatable bonds is 5. The molecule has 0 saturated carbocycles. The maximum atomic E-state index is 12.9. The van der Waals surface area contributed by atoms with Gasteiger partial charge in [-0.3, -0.25) is 14.9 Å². The standard InChI is InChI=1S/C25H20N4O3S/c1-15-10-18(11-19(13-26)24(30)17-6-5-7-20(12-17)29(31)32)16(2)28(15)25-22(14-27)21-8-3-4-9-23(21)33-25/h5-7,10-12H,3-4,8-9H2,1-2H3/b19-11+. The minimum Gasteiger partial charge on any atom is -0.308 e. The van der Waals surface area contributed by atoms with E-state index < -0.39 is 10.7 Å². The Bertz CT molecular complexity index is 1410. The maximum Gasteiger partial charge on any atom is 0.270 e. The van der Waals surface area contributed by atoms with Gasteiger partial charge in [-0.1, -0.05) is 12.1 Å². The molecule has 1 aliphatic carbocycles. The Hall–Kier alpha value is -4.01. The number of benzene rings is 1. The quantitative estimate of drug-likeness (QED) is 0.163. The van der Waals surface area contributed by atoms with Crippen LogP contribution in [-0.2, 0) is 12.8 Å². The Kier molecular flexibility index (Phi) is 5.95. The smallest absolute Gasteiger partial charge is 0.270 e. The van der Waals surface area contributed by atoms with Crippen molar-refractivity contribution < 1.29 is 9.72 Å². The molecule has 0 spiro atoms. The number of nitriles is 2. The molecule has 0 aliphatic heterocycles. The largest absolute Gasteiger partial charge is 0.308 e. The number of fused-ring (bicyclic) bond motifs is 1. The highest BCUT2D eigenvalue weighted by atomic mass is 32.1. The average Bonchev–Trinajstić information content (AvgIpc) is 3.32. The summed E-state index contributed by atoms with van der Waals surface area (Å²) in [5.41, 5.74) is 4.04. The number of Topliss-reactive ketones (excluding diaryl/α,β-unsaturated/α-hetero) is 1. The fraction of sp³-hybridized carbons (Fsp3) is 0.240. The molecule has 7 nitrogen and oxygen atoms in total. The van der Waals surface area contributed by atoms with Crippen LogP contribution in [0.3, 0.4) is 0 Å². The molecule has 0 atom stereocenters. The van der Waals surface area contributed by atoms with Gasteiger partial charge in [-0.25, -0.2) is 0 Å². The number of carbonyl (C=O) groups excluding carboxylic acids is 1. The zero-order valence-corrected chi connectivity index (χ0v) is 19.0. The number of carbonyl (C=O) groups is 1. The number of aryl methyl sites for hydroxylation is 2. The van der Waals surface area contributed by atoms with Crippen molar-refractivity contribution in [2.75, 3.05) is 0 Å². The van der Waals surface area contributed by atoms with Crippen LogP contribution in [0.25, 0.3) is 11.1 Å². The highest BCUT2D eigenvalue weighted by Gasteiger charge is 2.24. The van der Waals surface area contributed by atoms with Crippen molar-refractivity contribution in [3.05, 3.63) is 84.5 Å². The van der Waals surface area contributed by atoms with Gasteiger partial charge in [0.25, 0.3) is 5.69 Å². The summed E-state index contributed by atoms with van der Waals surface area (Å²) >= 11 is 1.64. The highest BCUT2D eigenvalue weighted by Crippen LogP contribution is 2.38. The number of hydrogen-bond acceptors (Lipinski definition) is 6. The first kappa shape index (κ1) is 22.2. The summed E-state index contributed by atoms with van der Waals surface area (Å²) in [6.07, 6.45) is 5.62. The van der Waals surface area contributed by atoms with Crippen LogP contribution in [0, 0.1) is 46.6 Å². The minimum absolute atomic E-state index is 0.0866. The first-order chi connectivity index (χ1) is 15.8. The van der Waals surface area contributed by atoms with Crippen LogP contribution < -0.4 is 0 Å². The van der Waals surface area contributed by atoms with E-state index in [4.69, 9.17) is 0 Å². The number of nitro groups is 1. The fourth-order valence-electron chi connectivity index (χ4n) is 4.29. The third-order valence-corrected chi connectivity index (χ3v) is 7.20. The summed E-state index contributed by atoms with van der Waals surface area (Å²) in [6, 6.07) is 11.6. The lowest BCUT2D eigenvalue weighted by atomic mass is 9.96. The second-order valence-corrected chi connectivity index (χ2v) is 9.05. The van der Waals surface area contributed by atoms with Gasteiger partial charge in [-0.15, -0.1) is 11.3 Å². The molecule has 0 unspecified atom stereocenters. The molecule has 2 heterocycles. The first-order valence-electron chi connectivity index (χ1n) is 10.5. The molecule has 0 radical (unpaired) electrons. The molecule has 1 aromatic carbocycles. The van der Waals surface area contributed by atoms with E-state index in [-0.39, 0.29) is 16.8 Å². The second kappa shape index (κ2) is 8.85. The number of ketones is 1. The molecule has 3 aromatic rings. The molecule has 0 bridgehead atoms. The van der Waals surface area contributed by atoms with Crippen molar-refractivity contribution in [3.63, 3.8) is 0 Å². The lowest BCUT2D eigenvalue weighted by Crippen LogP contribution is -2.03. The van der Waals surface area contributed by atoms with Crippen LogP contribution in [-0.4, -0.2) is 15.3 Å². The predicted molar refractivity (Wildman–Crippen MR) is 125 cm³/mol. The minimum atomic E-state index is -0.576. The van der Waals surface area contributed by atoms with E-state index in [0.29, 0.717) is 11.1 Å². The Balaban J connectivity index is 1.77. The number of aromatic nitrogens is 1. The van der Waals surface area contributed by atoms with Gasteiger partial charge in [0.1, 0.15) is 22.7 Å². The lowest BCUT2D eigenvalue weighted by molar-refractivity contribution is -0.384. The lowest BCUT2D eigenvalue weighted by Gasteiger charge is -2.10. The summed E-state index contributed by atoms with van der Waals surface area (Å²) in [5.74, 6) is -0.574. The monoisotopic (exact) mass is 456 g/mol. The Morgan fingerprint density at radius 3 is 2.67 bits per heavy atom. The third-order valence-electron chi connectivity index (χ3n) is 5.92. The Labute approximate surface area is 195 Å². The van der Waals surface area contributed by atoms with Crippen molar-refractivity contribution in [1.82, 2.24) is 4.57 Å². The van der Waals surface area contributed by atoms with Crippen molar-refractivity contribution in [3.8, 4) is 17.1 Å². The van der Waals surface area contributed by atoms with Crippen LogP contribution >= 0.6 is 11.3 Å². The van der Waals surface area contributed by atoms with Gasteiger partial charge >= 0.3 is 0 Å². The van der Waals surface area contributed by atoms with Crippen molar-refractivity contribution in [2.24, 2.45) is 0 Å². The average molecular weight is 457 g/mol. The molecule has 0 saturated heterocycles. The Morgan fingerprint density at radius 2 is 1.97 bits per heavy atom. The molecule has 33 heavy (non-hydrogen) atoms. The maximum absolute atomic E-state index is 12.9. The summed E-state index contributed by atoms with van der Waals surface area (Å²) in [6.45, 7) is 3.82. The summed E-state index contributed by atoms with van der Waals surface area (Å²) < 4.78 is 2.01. The van der Waals surface area contributed by atoms with Gasteiger partial charge in [0.15, 0.2) is 0 Å².